The van der Waals surface area contributed by atoms with Crippen LogP contribution in [-0.4, -0.2) is 17.6 Å². The van der Waals surface area contributed by atoms with Crippen molar-refractivity contribution in [1.82, 2.24) is 0 Å². The molecule has 0 unspecified atom stereocenters. The summed E-state index contributed by atoms with van der Waals surface area (Å²) in [5, 5.41) is 0. The monoisotopic (exact) mass is 233 g/mol. The Morgan fingerprint density at radius 2 is 1.88 bits per heavy atom. The van der Waals surface area contributed by atoms with Crippen LogP contribution in [0.1, 0.15) is 6.92 Å². The van der Waals surface area contributed by atoms with E-state index >= 15 is 0 Å². The van der Waals surface area contributed by atoms with Crippen LogP contribution in [0.5, 0.6) is 0 Å². The third-order valence-electron chi connectivity index (χ3n) is 2.20. The van der Waals surface area contributed by atoms with Crippen molar-refractivity contribution in [2.75, 3.05) is 10.7 Å². The lowest BCUT2D eigenvalue weighted by molar-refractivity contribution is -0.120. The van der Waals surface area contributed by atoms with Gasteiger partial charge in [0.2, 0.25) is 0 Å². The van der Waals surface area contributed by atoms with E-state index in [0.29, 0.717) is 10.6 Å². The molecule has 82 valence electrons. The van der Waals surface area contributed by atoms with Crippen molar-refractivity contribution in [1.29, 1.82) is 0 Å². The maximum atomic E-state index is 11.9. The smallest absolute Gasteiger partial charge is 0.269 e. The number of imide groups is 1. The maximum absolute atomic E-state index is 11.9. The highest BCUT2D eigenvalue weighted by molar-refractivity contribution is 8.04. The summed E-state index contributed by atoms with van der Waals surface area (Å²) in [6.45, 7) is 1.95. The highest BCUT2D eigenvalue weighted by Gasteiger charge is 2.31. The van der Waals surface area contributed by atoms with Crippen LogP contribution in [0.2, 0.25) is 0 Å². The summed E-state index contributed by atoms with van der Waals surface area (Å²) in [5.74, 6) is 0.309. The van der Waals surface area contributed by atoms with E-state index in [1.165, 1.54) is 22.7 Å². The molecule has 2 rings (SSSR count). The fourth-order valence-electron chi connectivity index (χ4n) is 1.53. The molecule has 1 heterocycles. The summed E-state index contributed by atoms with van der Waals surface area (Å²) in [6, 6.07) is 8.97. The van der Waals surface area contributed by atoms with Gasteiger partial charge in [-0.3, -0.25) is 9.59 Å². The number of nitrogens with zero attached hydrogens (tertiary/aromatic N) is 1. The molecular weight excluding hydrogens is 222 g/mol. The van der Waals surface area contributed by atoms with Crippen LogP contribution >= 0.6 is 11.8 Å². The Hall–Kier alpha value is -1.55. The largest absolute Gasteiger partial charge is 0.271 e. The van der Waals surface area contributed by atoms with Gasteiger partial charge < -0.3 is 0 Å². The van der Waals surface area contributed by atoms with Gasteiger partial charge in [0.15, 0.2) is 0 Å². The average Bonchev–Trinajstić information content (AvgIpc) is 2.56. The lowest BCUT2D eigenvalue weighted by atomic mass is 10.3. The molecule has 0 aromatic heterocycles. The number of hydrogen-bond acceptors (Lipinski definition) is 3. The molecular formula is C12H11NO2S. The number of benzene rings is 1. The first-order valence-electron chi connectivity index (χ1n) is 5.02. The fraction of sp³-hybridized carbons (Fsp3) is 0.167. The van der Waals surface area contributed by atoms with Gasteiger partial charge in [-0.25, -0.2) is 4.90 Å². The summed E-state index contributed by atoms with van der Waals surface area (Å²) in [5.41, 5.74) is 0.625. The molecule has 1 aromatic rings. The summed E-state index contributed by atoms with van der Waals surface area (Å²) < 4.78 is 0. The van der Waals surface area contributed by atoms with E-state index in [-0.39, 0.29) is 11.8 Å². The average molecular weight is 233 g/mol. The molecule has 1 aliphatic heterocycles. The normalized spacial score (nSPS) is 15.6. The number of carbonyl (C=O) groups excluding carboxylic acids is 2. The van der Waals surface area contributed by atoms with E-state index in [2.05, 4.69) is 0 Å². The van der Waals surface area contributed by atoms with Gasteiger partial charge in [0.25, 0.3) is 11.8 Å². The topological polar surface area (TPSA) is 37.4 Å². The highest BCUT2D eigenvalue weighted by Crippen LogP contribution is 2.28. The molecule has 0 saturated heterocycles. The number of thioether (sulfide) groups is 1. The zero-order valence-electron chi connectivity index (χ0n) is 8.84. The van der Waals surface area contributed by atoms with Gasteiger partial charge in [-0.15, -0.1) is 11.8 Å². The van der Waals surface area contributed by atoms with Gasteiger partial charge in [-0.05, 0) is 17.9 Å². The maximum Gasteiger partial charge on any atom is 0.271 e. The summed E-state index contributed by atoms with van der Waals surface area (Å²) in [4.78, 5) is 25.3. The molecule has 2 amide bonds. The van der Waals surface area contributed by atoms with Crippen LogP contribution < -0.4 is 4.90 Å². The van der Waals surface area contributed by atoms with E-state index in [0.717, 1.165) is 5.75 Å². The van der Waals surface area contributed by atoms with Crippen molar-refractivity contribution < 1.29 is 9.59 Å². The van der Waals surface area contributed by atoms with Gasteiger partial charge in [0, 0.05) is 6.08 Å². The van der Waals surface area contributed by atoms with Crippen LogP contribution in [-0.2, 0) is 9.59 Å². The second-order valence-corrected chi connectivity index (χ2v) is 4.56. The van der Waals surface area contributed by atoms with Gasteiger partial charge >= 0.3 is 0 Å². The first-order valence-corrected chi connectivity index (χ1v) is 6.00. The Labute approximate surface area is 98.1 Å². The number of anilines is 1. The van der Waals surface area contributed by atoms with Crippen LogP contribution in [0.4, 0.5) is 5.69 Å². The molecule has 3 nitrogen and oxygen atoms in total. The lowest BCUT2D eigenvalue weighted by Gasteiger charge is -2.14. The fourth-order valence-corrected chi connectivity index (χ4v) is 2.24. The van der Waals surface area contributed by atoms with Crippen LogP contribution in [0.25, 0.3) is 0 Å². The van der Waals surface area contributed by atoms with Crippen molar-refractivity contribution >= 4 is 29.3 Å². The molecule has 0 saturated carbocycles. The SMILES string of the molecule is CCSC1=CC(=O)N(c2ccccc2)C1=O. The minimum absolute atomic E-state index is 0.219. The first-order chi connectivity index (χ1) is 7.74. The van der Waals surface area contributed by atoms with Crippen LogP contribution in [0.3, 0.4) is 0 Å². The Morgan fingerprint density at radius 1 is 1.19 bits per heavy atom. The standard InChI is InChI=1S/C12H11NO2S/c1-2-16-10-8-11(14)13(12(10)15)9-6-4-3-5-7-9/h3-8H,2H2,1H3. The first kappa shape index (κ1) is 11.0. The quantitative estimate of drug-likeness (QED) is 0.751. The minimum Gasteiger partial charge on any atom is -0.269 e. The number of rotatable bonds is 3. The summed E-state index contributed by atoms with van der Waals surface area (Å²) in [6.07, 6.45) is 1.41. The van der Waals surface area contributed by atoms with Gasteiger partial charge in [0.05, 0.1) is 10.6 Å². The van der Waals surface area contributed by atoms with Crippen LogP contribution in [0.15, 0.2) is 41.3 Å². The number of hydrogen-bond donors (Lipinski definition) is 0. The molecule has 0 N–H and O–H groups in total. The van der Waals surface area contributed by atoms with Crippen molar-refractivity contribution in [3.63, 3.8) is 0 Å². The third-order valence-corrected chi connectivity index (χ3v) is 3.10. The molecule has 1 aromatic carbocycles. The Kier molecular flexibility index (Phi) is 3.10. The predicted octanol–water partition coefficient (Wildman–Crippen LogP) is 2.20. The van der Waals surface area contributed by atoms with Crippen molar-refractivity contribution in [3.05, 3.63) is 41.3 Å². The molecule has 0 aliphatic carbocycles. The molecule has 0 bridgehead atoms. The molecule has 16 heavy (non-hydrogen) atoms. The molecule has 0 atom stereocenters. The van der Waals surface area contributed by atoms with Crippen molar-refractivity contribution in [2.24, 2.45) is 0 Å². The van der Waals surface area contributed by atoms with Crippen molar-refractivity contribution in [2.45, 2.75) is 6.92 Å². The van der Waals surface area contributed by atoms with Crippen molar-refractivity contribution in [3.8, 4) is 0 Å². The zero-order valence-corrected chi connectivity index (χ0v) is 9.66. The lowest BCUT2D eigenvalue weighted by Crippen LogP contribution is -2.30. The second kappa shape index (κ2) is 4.53. The van der Waals surface area contributed by atoms with Gasteiger partial charge in [0.1, 0.15) is 0 Å². The van der Waals surface area contributed by atoms with E-state index in [4.69, 9.17) is 0 Å². The predicted molar refractivity (Wildman–Crippen MR) is 65.2 cm³/mol. The molecule has 1 aliphatic rings. The van der Waals surface area contributed by atoms with E-state index < -0.39 is 0 Å². The number of carbonyl (C=O) groups is 2. The zero-order chi connectivity index (χ0) is 11.5. The molecule has 0 radical (unpaired) electrons. The van der Waals surface area contributed by atoms with E-state index in [9.17, 15) is 9.59 Å². The number of amides is 2. The number of para-hydroxylation sites is 1. The highest BCUT2D eigenvalue weighted by atomic mass is 32.2. The summed E-state index contributed by atoms with van der Waals surface area (Å²) in [7, 11) is 0. The van der Waals surface area contributed by atoms with E-state index in [1.54, 1.807) is 24.3 Å². The molecule has 4 heteroatoms. The summed E-state index contributed by atoms with van der Waals surface area (Å²) >= 11 is 1.40. The van der Waals surface area contributed by atoms with Gasteiger partial charge in [-0.2, -0.15) is 0 Å². The Bertz CT molecular complexity index is 453. The third kappa shape index (κ3) is 1.88. The Balaban J connectivity index is 2.28. The molecule has 0 spiro atoms. The van der Waals surface area contributed by atoms with E-state index in [1.807, 2.05) is 13.0 Å². The minimum atomic E-state index is -0.257. The Morgan fingerprint density at radius 3 is 2.50 bits per heavy atom. The van der Waals surface area contributed by atoms with Crippen LogP contribution in [0, 0.1) is 0 Å². The molecule has 0 fully saturated rings. The van der Waals surface area contributed by atoms with Gasteiger partial charge in [-0.1, -0.05) is 25.1 Å². The second-order valence-electron chi connectivity index (χ2n) is 3.26.